The molecule has 13 heavy (non-hydrogen) atoms. The van der Waals surface area contributed by atoms with Gasteiger partial charge in [0.05, 0.1) is 5.69 Å². The van der Waals surface area contributed by atoms with Crippen LogP contribution < -0.4 is 0 Å². The molecule has 0 fully saturated rings. The minimum absolute atomic E-state index is 0.676. The van der Waals surface area contributed by atoms with Crippen LogP contribution in [0, 0.1) is 0 Å². The third-order valence-corrected chi connectivity index (χ3v) is 2.25. The Labute approximate surface area is 83.7 Å². The van der Waals surface area contributed by atoms with E-state index in [0.29, 0.717) is 5.33 Å². The van der Waals surface area contributed by atoms with Gasteiger partial charge in [-0.1, -0.05) is 15.9 Å². The van der Waals surface area contributed by atoms with Crippen molar-refractivity contribution in [3.8, 4) is 11.5 Å². The van der Waals surface area contributed by atoms with Crippen molar-refractivity contribution in [1.82, 2.24) is 14.8 Å². The Kier molecular flexibility index (Phi) is 2.18. The Morgan fingerprint density at radius 2 is 2.46 bits per heavy atom. The van der Waals surface area contributed by atoms with E-state index in [1.165, 1.54) is 6.39 Å². The fraction of sp³-hybridized carbons (Fsp3) is 0.250. The summed E-state index contributed by atoms with van der Waals surface area (Å²) in [7, 11) is 1.87. The molecule has 0 bridgehead atoms. The third-order valence-electron chi connectivity index (χ3n) is 1.71. The van der Waals surface area contributed by atoms with E-state index < -0.39 is 0 Å². The van der Waals surface area contributed by atoms with E-state index in [1.807, 2.05) is 19.3 Å². The van der Waals surface area contributed by atoms with Gasteiger partial charge in [0.2, 0.25) is 0 Å². The molecule has 0 N–H and O–H groups in total. The molecule has 2 aromatic heterocycles. The molecule has 2 heterocycles. The monoisotopic (exact) mass is 241 g/mol. The summed E-state index contributed by atoms with van der Waals surface area (Å²) in [4.78, 5) is 4.06. The summed E-state index contributed by atoms with van der Waals surface area (Å²) in [6, 6.07) is 1.90. The van der Waals surface area contributed by atoms with Gasteiger partial charge in [-0.25, -0.2) is 4.98 Å². The Balaban J connectivity index is 2.45. The van der Waals surface area contributed by atoms with Gasteiger partial charge >= 0.3 is 0 Å². The molecule has 0 saturated heterocycles. The van der Waals surface area contributed by atoms with Gasteiger partial charge in [0.1, 0.15) is 5.69 Å². The van der Waals surface area contributed by atoms with Crippen LogP contribution >= 0.6 is 15.9 Å². The van der Waals surface area contributed by atoms with Crippen molar-refractivity contribution < 1.29 is 4.42 Å². The van der Waals surface area contributed by atoms with E-state index in [-0.39, 0.29) is 0 Å². The van der Waals surface area contributed by atoms with Crippen LogP contribution in [0.4, 0.5) is 0 Å². The third kappa shape index (κ3) is 1.51. The Morgan fingerprint density at radius 3 is 3.08 bits per heavy atom. The number of nitrogens with zero attached hydrogens (tertiary/aromatic N) is 3. The topological polar surface area (TPSA) is 43.9 Å². The molecule has 0 aliphatic heterocycles. The van der Waals surface area contributed by atoms with Gasteiger partial charge in [0.25, 0.3) is 0 Å². The molecular weight excluding hydrogens is 234 g/mol. The zero-order valence-corrected chi connectivity index (χ0v) is 8.65. The number of hydrogen-bond donors (Lipinski definition) is 0. The molecule has 0 aliphatic rings. The van der Waals surface area contributed by atoms with Gasteiger partial charge in [-0.2, -0.15) is 5.10 Å². The molecule has 4 nitrogen and oxygen atoms in total. The van der Waals surface area contributed by atoms with Crippen LogP contribution in [0.2, 0.25) is 0 Å². The molecule has 0 aliphatic carbocycles. The minimum atomic E-state index is 0.676. The summed E-state index contributed by atoms with van der Waals surface area (Å²) in [5.41, 5.74) is 1.69. The quantitative estimate of drug-likeness (QED) is 0.756. The normalized spacial score (nSPS) is 10.6. The van der Waals surface area contributed by atoms with E-state index in [0.717, 1.165) is 17.1 Å². The number of hydrogen-bond acceptors (Lipinski definition) is 3. The lowest BCUT2D eigenvalue weighted by Gasteiger charge is -1.91. The van der Waals surface area contributed by atoms with Crippen molar-refractivity contribution in [1.29, 1.82) is 0 Å². The number of oxazole rings is 1. The molecule has 0 unspecified atom stereocenters. The fourth-order valence-electron chi connectivity index (χ4n) is 1.11. The number of alkyl halides is 1. The fourth-order valence-corrected chi connectivity index (χ4v) is 1.51. The molecule has 0 amide bonds. The zero-order valence-electron chi connectivity index (χ0n) is 7.07. The molecule has 2 aromatic rings. The van der Waals surface area contributed by atoms with E-state index in [4.69, 9.17) is 4.42 Å². The predicted molar refractivity (Wildman–Crippen MR) is 51.3 cm³/mol. The van der Waals surface area contributed by atoms with Gasteiger partial charge in [0.15, 0.2) is 12.2 Å². The summed E-state index contributed by atoms with van der Waals surface area (Å²) in [6.45, 7) is 0. The zero-order chi connectivity index (χ0) is 9.26. The van der Waals surface area contributed by atoms with Crippen molar-refractivity contribution >= 4 is 15.9 Å². The first kappa shape index (κ1) is 8.50. The maximum atomic E-state index is 5.24. The largest absolute Gasteiger partial charge is 0.441 e. The van der Waals surface area contributed by atoms with Gasteiger partial charge in [0, 0.05) is 18.6 Å². The van der Waals surface area contributed by atoms with E-state index >= 15 is 0 Å². The predicted octanol–water partition coefficient (Wildman–Crippen LogP) is 1.97. The van der Waals surface area contributed by atoms with E-state index in [2.05, 4.69) is 26.0 Å². The van der Waals surface area contributed by atoms with Crippen LogP contribution in [0.5, 0.6) is 0 Å². The number of aryl methyl sites for hydroxylation is 1. The smallest absolute Gasteiger partial charge is 0.181 e. The first-order chi connectivity index (χ1) is 6.31. The lowest BCUT2D eigenvalue weighted by Crippen LogP contribution is -1.88. The molecule has 0 aromatic carbocycles. The first-order valence-electron chi connectivity index (χ1n) is 3.79. The molecule has 0 atom stereocenters. The summed E-state index contributed by atoms with van der Waals surface area (Å²) in [5.74, 6) is 0.734. The first-order valence-corrected chi connectivity index (χ1v) is 4.91. The highest BCUT2D eigenvalue weighted by Crippen LogP contribution is 2.22. The highest BCUT2D eigenvalue weighted by Gasteiger charge is 2.11. The van der Waals surface area contributed by atoms with Crippen molar-refractivity contribution in [3.63, 3.8) is 0 Å². The number of halogens is 1. The lowest BCUT2D eigenvalue weighted by molar-refractivity contribution is 0.567. The standard InChI is InChI=1S/C8H8BrN3O/c1-12-3-2-6(11-12)8-7(4-9)10-5-13-8/h2-3,5H,4H2,1H3. The number of aromatic nitrogens is 3. The maximum Gasteiger partial charge on any atom is 0.181 e. The maximum absolute atomic E-state index is 5.24. The van der Waals surface area contributed by atoms with E-state index in [1.54, 1.807) is 4.68 Å². The van der Waals surface area contributed by atoms with Crippen LogP contribution in [0.1, 0.15) is 5.69 Å². The number of rotatable bonds is 2. The Bertz CT molecular complexity index is 407. The average molecular weight is 242 g/mol. The van der Waals surface area contributed by atoms with Gasteiger partial charge in [-0.3, -0.25) is 4.68 Å². The van der Waals surface area contributed by atoms with Crippen molar-refractivity contribution in [2.24, 2.45) is 7.05 Å². The van der Waals surface area contributed by atoms with E-state index in [9.17, 15) is 0 Å². The summed E-state index contributed by atoms with van der Waals surface area (Å²) in [5, 5.41) is 4.90. The molecule has 0 saturated carbocycles. The van der Waals surface area contributed by atoms with Crippen molar-refractivity contribution in [2.45, 2.75) is 5.33 Å². The Hall–Kier alpha value is -1.10. The van der Waals surface area contributed by atoms with Crippen LogP contribution in [0.3, 0.4) is 0 Å². The molecule has 0 radical (unpaired) electrons. The van der Waals surface area contributed by atoms with Crippen LogP contribution in [-0.4, -0.2) is 14.8 Å². The second-order valence-electron chi connectivity index (χ2n) is 2.64. The van der Waals surface area contributed by atoms with Gasteiger partial charge in [-0.05, 0) is 6.07 Å². The Morgan fingerprint density at radius 1 is 1.62 bits per heavy atom. The summed E-state index contributed by atoms with van der Waals surface area (Å²) >= 11 is 3.33. The molecule has 0 spiro atoms. The average Bonchev–Trinajstić information content (AvgIpc) is 2.71. The summed E-state index contributed by atoms with van der Waals surface area (Å²) < 4.78 is 6.97. The second-order valence-corrected chi connectivity index (χ2v) is 3.20. The van der Waals surface area contributed by atoms with Gasteiger partial charge in [-0.15, -0.1) is 0 Å². The van der Waals surface area contributed by atoms with Crippen LogP contribution in [0.25, 0.3) is 11.5 Å². The SMILES string of the molecule is Cn1ccc(-c2ocnc2CBr)n1. The minimum Gasteiger partial charge on any atom is -0.441 e. The summed E-state index contributed by atoms with van der Waals surface area (Å²) in [6.07, 6.45) is 3.30. The molecule has 5 heteroatoms. The van der Waals surface area contributed by atoms with Crippen molar-refractivity contribution in [3.05, 3.63) is 24.4 Å². The van der Waals surface area contributed by atoms with Gasteiger partial charge < -0.3 is 4.42 Å². The lowest BCUT2D eigenvalue weighted by atomic mass is 10.3. The van der Waals surface area contributed by atoms with Crippen molar-refractivity contribution in [2.75, 3.05) is 0 Å². The van der Waals surface area contributed by atoms with Crippen LogP contribution in [-0.2, 0) is 12.4 Å². The highest BCUT2D eigenvalue weighted by molar-refractivity contribution is 9.08. The molecular formula is C8H8BrN3O. The molecule has 68 valence electrons. The second kappa shape index (κ2) is 3.33. The highest BCUT2D eigenvalue weighted by atomic mass is 79.9. The van der Waals surface area contributed by atoms with Crippen LogP contribution in [0.15, 0.2) is 23.1 Å². The molecule has 2 rings (SSSR count).